The number of anilines is 3. The monoisotopic (exact) mass is 378 g/mol. The van der Waals surface area contributed by atoms with Gasteiger partial charge in [-0.2, -0.15) is 14.8 Å². The number of aliphatic hydroxyl groups excluding tert-OH is 1. The minimum absolute atomic E-state index is 0.246. The third kappa shape index (κ3) is 3.11. The predicted molar refractivity (Wildman–Crippen MR) is 101 cm³/mol. The highest BCUT2D eigenvalue weighted by molar-refractivity contribution is 5.72. The molecule has 1 saturated carbocycles. The minimum Gasteiger partial charge on any atom is -0.396 e. The van der Waals surface area contributed by atoms with Crippen LogP contribution in [0.3, 0.4) is 0 Å². The van der Waals surface area contributed by atoms with Gasteiger partial charge in [0.15, 0.2) is 11.2 Å². The number of hydrogen-bond donors (Lipinski definition) is 3. The summed E-state index contributed by atoms with van der Waals surface area (Å²) in [4.78, 5) is 12.9. The van der Waals surface area contributed by atoms with Crippen molar-refractivity contribution in [2.75, 3.05) is 17.7 Å². The van der Waals surface area contributed by atoms with Crippen LogP contribution in [0.15, 0.2) is 36.9 Å². The van der Waals surface area contributed by atoms with E-state index in [-0.39, 0.29) is 6.61 Å². The maximum atomic E-state index is 9.16. The van der Waals surface area contributed by atoms with Gasteiger partial charge in [0.2, 0.25) is 5.95 Å². The highest BCUT2D eigenvalue weighted by Gasteiger charge is 2.36. The van der Waals surface area contributed by atoms with Gasteiger partial charge in [-0.25, -0.2) is 9.97 Å². The molecule has 1 aliphatic carbocycles. The predicted octanol–water partition coefficient (Wildman–Crippen LogP) is 0.756. The van der Waals surface area contributed by atoms with Gasteiger partial charge < -0.3 is 16.2 Å². The number of nitrogens with one attached hydrogen (secondary N) is 1. The van der Waals surface area contributed by atoms with E-state index in [1.807, 2.05) is 10.9 Å². The fourth-order valence-electron chi connectivity index (χ4n) is 3.14. The van der Waals surface area contributed by atoms with Crippen LogP contribution in [0, 0.1) is 11.8 Å². The highest BCUT2D eigenvalue weighted by Crippen LogP contribution is 2.39. The van der Waals surface area contributed by atoms with Crippen LogP contribution < -0.4 is 11.1 Å². The lowest BCUT2D eigenvalue weighted by Crippen LogP contribution is -2.03. The standard InChI is InChI=1S/C17H18N10O/c18-15-2-1-13(5-19-15)27-16-14(24-25-27)6-20-17(23-16)22-12-4-21-26(8-12)7-10-3-11(10)9-28/h1-2,4-6,8,10-11,28H,3,7,9H2,(H2,18,19)(H,20,22,23)/t10-,11-/m0/s1. The molecule has 0 aromatic carbocycles. The van der Waals surface area contributed by atoms with E-state index < -0.39 is 0 Å². The lowest BCUT2D eigenvalue weighted by Gasteiger charge is -2.04. The zero-order chi connectivity index (χ0) is 19.1. The number of aliphatic hydroxyl groups is 1. The number of pyridine rings is 1. The summed E-state index contributed by atoms with van der Waals surface area (Å²) < 4.78 is 3.45. The molecule has 4 N–H and O–H groups in total. The third-order valence-electron chi connectivity index (χ3n) is 4.82. The van der Waals surface area contributed by atoms with Gasteiger partial charge in [-0.3, -0.25) is 4.68 Å². The summed E-state index contributed by atoms with van der Waals surface area (Å²) in [5, 5.41) is 24.9. The molecule has 0 saturated heterocycles. The number of nitrogens with zero attached hydrogens (tertiary/aromatic N) is 8. The first-order valence-electron chi connectivity index (χ1n) is 8.90. The van der Waals surface area contributed by atoms with Crippen molar-refractivity contribution < 1.29 is 5.11 Å². The van der Waals surface area contributed by atoms with E-state index in [4.69, 9.17) is 10.8 Å². The molecule has 4 aromatic rings. The summed E-state index contributed by atoms with van der Waals surface area (Å²) in [5.41, 5.74) is 8.26. The number of aromatic nitrogens is 8. The van der Waals surface area contributed by atoms with Gasteiger partial charge in [0, 0.05) is 19.3 Å². The topological polar surface area (TPSA) is 145 Å². The van der Waals surface area contributed by atoms with Crippen molar-refractivity contribution in [1.29, 1.82) is 0 Å². The number of nitrogens with two attached hydrogens (primary N) is 1. The Bertz CT molecular complexity index is 1120. The molecule has 11 heteroatoms. The van der Waals surface area contributed by atoms with Gasteiger partial charge in [-0.05, 0) is 30.4 Å². The van der Waals surface area contributed by atoms with E-state index in [0.29, 0.717) is 40.5 Å². The second kappa shape index (κ2) is 6.53. The van der Waals surface area contributed by atoms with E-state index >= 15 is 0 Å². The first-order valence-corrected chi connectivity index (χ1v) is 8.90. The van der Waals surface area contributed by atoms with Gasteiger partial charge in [-0.1, -0.05) is 5.21 Å². The molecule has 2 atom stereocenters. The molecule has 11 nitrogen and oxygen atoms in total. The molecular weight excluding hydrogens is 360 g/mol. The van der Waals surface area contributed by atoms with Gasteiger partial charge >= 0.3 is 0 Å². The SMILES string of the molecule is Nc1ccc(-n2nnc3cnc(Nc4cnn(C[C@@H]5C[C@H]5CO)c4)nc32)cn1. The molecular formula is C17H18N10O. The van der Waals surface area contributed by atoms with Crippen molar-refractivity contribution in [1.82, 2.24) is 39.7 Å². The summed E-state index contributed by atoms with van der Waals surface area (Å²) in [6.07, 6.45) is 7.90. The molecule has 0 amide bonds. The van der Waals surface area contributed by atoms with Crippen LogP contribution >= 0.6 is 0 Å². The van der Waals surface area contributed by atoms with Crippen LogP contribution in [0.2, 0.25) is 0 Å². The summed E-state index contributed by atoms with van der Waals surface area (Å²) in [5.74, 6) is 1.75. The van der Waals surface area contributed by atoms with Crippen molar-refractivity contribution in [2.24, 2.45) is 11.8 Å². The second-order valence-electron chi connectivity index (χ2n) is 6.86. The Kier molecular flexibility index (Phi) is 3.86. The molecule has 5 rings (SSSR count). The summed E-state index contributed by atoms with van der Waals surface area (Å²) in [6.45, 7) is 1.05. The Morgan fingerprint density at radius 1 is 1.18 bits per heavy atom. The molecule has 4 heterocycles. The maximum absolute atomic E-state index is 9.16. The Hall–Kier alpha value is -3.60. The van der Waals surface area contributed by atoms with E-state index in [9.17, 15) is 0 Å². The number of fused-ring (bicyclic) bond motifs is 1. The zero-order valence-electron chi connectivity index (χ0n) is 14.8. The van der Waals surface area contributed by atoms with Crippen LogP contribution in [0.4, 0.5) is 17.5 Å². The van der Waals surface area contributed by atoms with Gasteiger partial charge in [0.1, 0.15) is 5.82 Å². The Morgan fingerprint density at radius 3 is 2.89 bits per heavy atom. The Balaban J connectivity index is 1.37. The molecule has 0 bridgehead atoms. The largest absolute Gasteiger partial charge is 0.396 e. The molecule has 0 spiro atoms. The van der Waals surface area contributed by atoms with E-state index in [1.165, 1.54) is 0 Å². The smallest absolute Gasteiger partial charge is 0.229 e. The van der Waals surface area contributed by atoms with Crippen LogP contribution in [0.1, 0.15) is 6.42 Å². The molecule has 1 fully saturated rings. The van der Waals surface area contributed by atoms with Crippen LogP contribution in [-0.2, 0) is 6.54 Å². The van der Waals surface area contributed by atoms with Crippen LogP contribution in [0.5, 0.6) is 0 Å². The van der Waals surface area contributed by atoms with Gasteiger partial charge in [0.05, 0.1) is 30.0 Å². The average molecular weight is 378 g/mol. The fraction of sp³-hybridized carbons (Fsp3) is 0.294. The molecule has 1 aliphatic rings. The Labute approximate surface area is 159 Å². The van der Waals surface area contributed by atoms with Crippen LogP contribution in [-0.4, -0.2) is 51.4 Å². The van der Waals surface area contributed by atoms with Gasteiger partial charge in [-0.15, -0.1) is 5.10 Å². The number of rotatable bonds is 6. The molecule has 0 radical (unpaired) electrons. The van der Waals surface area contributed by atoms with Crippen molar-refractivity contribution in [2.45, 2.75) is 13.0 Å². The van der Waals surface area contributed by atoms with Crippen LogP contribution in [0.25, 0.3) is 16.9 Å². The number of nitrogen functional groups attached to an aromatic ring is 1. The fourth-order valence-corrected chi connectivity index (χ4v) is 3.14. The third-order valence-corrected chi connectivity index (χ3v) is 4.82. The van der Waals surface area contributed by atoms with E-state index in [0.717, 1.165) is 18.7 Å². The summed E-state index contributed by atoms with van der Waals surface area (Å²) in [7, 11) is 0. The first kappa shape index (κ1) is 16.6. The highest BCUT2D eigenvalue weighted by atomic mass is 16.3. The van der Waals surface area contributed by atoms with Crippen molar-refractivity contribution >= 4 is 28.6 Å². The summed E-state index contributed by atoms with van der Waals surface area (Å²) in [6, 6.07) is 3.49. The van der Waals surface area contributed by atoms with E-state index in [1.54, 1.807) is 35.4 Å². The minimum atomic E-state index is 0.246. The second-order valence-corrected chi connectivity index (χ2v) is 6.86. The van der Waals surface area contributed by atoms with Crippen molar-refractivity contribution in [3.8, 4) is 5.69 Å². The van der Waals surface area contributed by atoms with Crippen molar-refractivity contribution in [3.05, 3.63) is 36.9 Å². The zero-order valence-corrected chi connectivity index (χ0v) is 14.8. The molecule has 4 aromatic heterocycles. The molecule has 142 valence electrons. The number of hydrogen-bond acceptors (Lipinski definition) is 9. The Morgan fingerprint density at radius 2 is 2.11 bits per heavy atom. The quantitative estimate of drug-likeness (QED) is 0.442. The van der Waals surface area contributed by atoms with Crippen molar-refractivity contribution in [3.63, 3.8) is 0 Å². The molecule has 0 unspecified atom stereocenters. The molecule has 28 heavy (non-hydrogen) atoms. The first-order chi connectivity index (χ1) is 13.7. The normalized spacial score (nSPS) is 18.5. The maximum Gasteiger partial charge on any atom is 0.229 e. The average Bonchev–Trinajstić information content (AvgIpc) is 3.09. The molecule has 0 aliphatic heterocycles. The lowest BCUT2D eigenvalue weighted by molar-refractivity contribution is 0.265. The van der Waals surface area contributed by atoms with E-state index in [2.05, 4.69) is 35.7 Å². The lowest BCUT2D eigenvalue weighted by atomic mass is 10.3. The summed E-state index contributed by atoms with van der Waals surface area (Å²) >= 11 is 0. The van der Waals surface area contributed by atoms with Gasteiger partial charge in [0.25, 0.3) is 0 Å².